The van der Waals surface area contributed by atoms with Crippen molar-refractivity contribution < 1.29 is 22.7 Å². The summed E-state index contributed by atoms with van der Waals surface area (Å²) in [6.07, 6.45) is -3.31. The van der Waals surface area contributed by atoms with Gasteiger partial charge in [0.2, 0.25) is 5.95 Å². The van der Waals surface area contributed by atoms with Crippen LogP contribution in [0.25, 0.3) is 0 Å². The lowest BCUT2D eigenvalue weighted by Gasteiger charge is -2.40. The molecule has 0 saturated carbocycles. The number of anilines is 1. The van der Waals surface area contributed by atoms with Crippen molar-refractivity contribution in [2.24, 2.45) is 0 Å². The van der Waals surface area contributed by atoms with Crippen LogP contribution in [0.4, 0.5) is 23.9 Å². The average Bonchev–Trinajstić information content (AvgIpc) is 2.44. The lowest BCUT2D eigenvalue weighted by molar-refractivity contribution is -0.138. The first kappa shape index (κ1) is 18.3. The van der Waals surface area contributed by atoms with Gasteiger partial charge in [0.1, 0.15) is 5.60 Å². The van der Waals surface area contributed by atoms with E-state index in [1.807, 2.05) is 6.92 Å². The summed E-state index contributed by atoms with van der Waals surface area (Å²) in [5.41, 5.74) is -1.46. The van der Waals surface area contributed by atoms with Crippen LogP contribution in [0.2, 0.25) is 0 Å². The van der Waals surface area contributed by atoms with Crippen LogP contribution in [0.5, 0.6) is 0 Å². The maximum Gasteiger partial charge on any atom is 0.419 e. The number of carbonyl (C=O) groups is 1. The molecular formula is C15H21F3N4O2. The van der Waals surface area contributed by atoms with E-state index in [0.717, 1.165) is 12.4 Å². The average molecular weight is 346 g/mol. The third-order valence-electron chi connectivity index (χ3n) is 3.50. The summed E-state index contributed by atoms with van der Waals surface area (Å²) >= 11 is 0. The molecule has 9 heteroatoms. The highest BCUT2D eigenvalue weighted by molar-refractivity contribution is 5.69. The predicted molar refractivity (Wildman–Crippen MR) is 81.6 cm³/mol. The Balaban J connectivity index is 2.01. The van der Waals surface area contributed by atoms with Gasteiger partial charge in [0.25, 0.3) is 0 Å². The highest BCUT2D eigenvalue weighted by Crippen LogP contribution is 2.28. The highest BCUT2D eigenvalue weighted by atomic mass is 19.4. The molecule has 0 N–H and O–H groups in total. The van der Waals surface area contributed by atoms with E-state index in [1.165, 1.54) is 0 Å². The number of nitrogens with zero attached hydrogens (tertiary/aromatic N) is 4. The van der Waals surface area contributed by atoms with Crippen LogP contribution in [-0.4, -0.2) is 52.2 Å². The van der Waals surface area contributed by atoms with E-state index in [-0.39, 0.29) is 12.0 Å². The van der Waals surface area contributed by atoms with Gasteiger partial charge in [0, 0.05) is 38.1 Å². The molecule has 1 saturated heterocycles. The molecule has 0 radical (unpaired) electrons. The molecule has 1 atom stereocenters. The Morgan fingerprint density at radius 1 is 1.21 bits per heavy atom. The molecule has 24 heavy (non-hydrogen) atoms. The minimum Gasteiger partial charge on any atom is -0.444 e. The molecule has 1 fully saturated rings. The smallest absolute Gasteiger partial charge is 0.419 e. The van der Waals surface area contributed by atoms with Crippen LogP contribution in [0.1, 0.15) is 33.3 Å². The zero-order chi connectivity index (χ0) is 18.1. The minimum absolute atomic E-state index is 0.167. The van der Waals surface area contributed by atoms with Crippen molar-refractivity contribution in [3.63, 3.8) is 0 Å². The van der Waals surface area contributed by atoms with Crippen LogP contribution in [0.15, 0.2) is 12.4 Å². The molecule has 0 aliphatic carbocycles. The number of carbonyl (C=O) groups excluding carboxylic acids is 1. The van der Waals surface area contributed by atoms with Crippen LogP contribution in [0.3, 0.4) is 0 Å². The number of alkyl halides is 3. The summed E-state index contributed by atoms with van der Waals surface area (Å²) in [4.78, 5) is 23.1. The van der Waals surface area contributed by atoms with Gasteiger partial charge in [-0.1, -0.05) is 0 Å². The highest BCUT2D eigenvalue weighted by Gasteiger charge is 2.33. The van der Waals surface area contributed by atoms with Crippen LogP contribution in [0, 0.1) is 0 Å². The monoisotopic (exact) mass is 346 g/mol. The Kier molecular flexibility index (Phi) is 4.91. The van der Waals surface area contributed by atoms with E-state index in [2.05, 4.69) is 9.97 Å². The topological polar surface area (TPSA) is 58.6 Å². The van der Waals surface area contributed by atoms with Gasteiger partial charge in [-0.05, 0) is 27.7 Å². The molecule has 1 aliphatic heterocycles. The summed E-state index contributed by atoms with van der Waals surface area (Å²) < 4.78 is 43.0. The van der Waals surface area contributed by atoms with Crippen molar-refractivity contribution in [1.29, 1.82) is 0 Å². The maximum atomic E-state index is 12.5. The number of rotatable bonds is 1. The lowest BCUT2D eigenvalue weighted by atomic mass is 10.2. The number of piperazine rings is 1. The zero-order valence-corrected chi connectivity index (χ0v) is 14.1. The second kappa shape index (κ2) is 6.45. The fraction of sp³-hybridized carbons (Fsp3) is 0.667. The van der Waals surface area contributed by atoms with Crippen LogP contribution in [-0.2, 0) is 10.9 Å². The standard InChI is InChI=1S/C15H21F3N4O2/c1-10-9-21(5-6-22(10)13(23)24-14(2,3)4)12-19-7-11(8-20-12)15(16,17)18/h7-8,10H,5-6,9H2,1-4H3. The van der Waals surface area contributed by atoms with Gasteiger partial charge in [-0.25, -0.2) is 14.8 Å². The number of aromatic nitrogens is 2. The second-order valence-electron chi connectivity index (χ2n) is 6.74. The molecule has 1 aromatic rings. The molecule has 0 aromatic carbocycles. The number of ether oxygens (including phenoxy) is 1. The molecule has 1 aliphatic rings. The largest absolute Gasteiger partial charge is 0.444 e. The number of amides is 1. The van der Waals surface area contributed by atoms with Gasteiger partial charge in [0.15, 0.2) is 0 Å². The third kappa shape index (κ3) is 4.48. The van der Waals surface area contributed by atoms with Gasteiger partial charge in [-0.2, -0.15) is 13.2 Å². The second-order valence-corrected chi connectivity index (χ2v) is 6.74. The molecule has 2 heterocycles. The predicted octanol–water partition coefficient (Wildman–Crippen LogP) is 2.94. The molecular weight excluding hydrogens is 325 g/mol. The number of halogens is 3. The molecule has 134 valence electrons. The van der Waals surface area contributed by atoms with Gasteiger partial charge < -0.3 is 14.5 Å². The van der Waals surface area contributed by atoms with Crippen molar-refractivity contribution in [1.82, 2.24) is 14.9 Å². The molecule has 1 aromatic heterocycles. The first-order valence-electron chi connectivity index (χ1n) is 7.61. The molecule has 6 nitrogen and oxygen atoms in total. The molecule has 2 rings (SSSR count). The summed E-state index contributed by atoms with van der Waals surface area (Å²) in [5, 5.41) is 0. The van der Waals surface area contributed by atoms with E-state index >= 15 is 0 Å². The normalized spacial score (nSPS) is 19.4. The Hall–Kier alpha value is -2.06. The maximum absolute atomic E-state index is 12.5. The van der Waals surface area contributed by atoms with E-state index in [9.17, 15) is 18.0 Å². The van der Waals surface area contributed by atoms with Crippen LogP contribution >= 0.6 is 0 Å². The van der Waals surface area contributed by atoms with Crippen molar-refractivity contribution in [2.75, 3.05) is 24.5 Å². The quantitative estimate of drug-likeness (QED) is 0.782. The fourth-order valence-corrected chi connectivity index (χ4v) is 2.36. The first-order valence-corrected chi connectivity index (χ1v) is 7.61. The van der Waals surface area contributed by atoms with E-state index in [0.29, 0.717) is 19.6 Å². The Bertz CT molecular complexity index is 584. The van der Waals surface area contributed by atoms with Gasteiger partial charge in [-0.15, -0.1) is 0 Å². The fourth-order valence-electron chi connectivity index (χ4n) is 2.36. The SMILES string of the molecule is CC1CN(c2ncc(C(F)(F)F)cn2)CCN1C(=O)OC(C)(C)C. The van der Waals surface area contributed by atoms with Gasteiger partial charge in [-0.3, -0.25) is 0 Å². The Morgan fingerprint density at radius 2 is 1.79 bits per heavy atom. The summed E-state index contributed by atoms with van der Waals surface area (Å²) in [6.45, 7) is 8.46. The van der Waals surface area contributed by atoms with Crippen LogP contribution < -0.4 is 4.90 Å². The third-order valence-corrected chi connectivity index (χ3v) is 3.50. The van der Waals surface area contributed by atoms with Gasteiger partial charge >= 0.3 is 12.3 Å². The van der Waals surface area contributed by atoms with Crippen molar-refractivity contribution in [3.05, 3.63) is 18.0 Å². The van der Waals surface area contributed by atoms with Crippen molar-refractivity contribution in [3.8, 4) is 0 Å². The molecule has 1 amide bonds. The van der Waals surface area contributed by atoms with E-state index in [4.69, 9.17) is 4.74 Å². The van der Waals surface area contributed by atoms with Crippen molar-refractivity contribution in [2.45, 2.75) is 45.5 Å². The molecule has 1 unspecified atom stereocenters. The van der Waals surface area contributed by atoms with Crippen molar-refractivity contribution >= 4 is 12.0 Å². The van der Waals surface area contributed by atoms with E-state index in [1.54, 1.807) is 30.6 Å². The Labute approximate surface area is 138 Å². The summed E-state index contributed by atoms with van der Waals surface area (Å²) in [7, 11) is 0. The summed E-state index contributed by atoms with van der Waals surface area (Å²) in [6, 6.07) is -0.167. The lowest BCUT2D eigenvalue weighted by Crippen LogP contribution is -2.55. The zero-order valence-electron chi connectivity index (χ0n) is 14.1. The molecule has 0 bridgehead atoms. The summed E-state index contributed by atoms with van der Waals surface area (Å²) in [5.74, 6) is 0.221. The van der Waals surface area contributed by atoms with E-state index < -0.39 is 23.4 Å². The number of hydrogen-bond donors (Lipinski definition) is 0. The molecule has 0 spiro atoms. The van der Waals surface area contributed by atoms with Gasteiger partial charge in [0.05, 0.1) is 5.56 Å². The number of hydrogen-bond acceptors (Lipinski definition) is 5. The minimum atomic E-state index is -4.46. The Morgan fingerprint density at radius 3 is 2.25 bits per heavy atom. The first-order chi connectivity index (χ1) is 11.0.